The first-order chi connectivity index (χ1) is 6.63. The van der Waals surface area contributed by atoms with Gasteiger partial charge >= 0.3 is 0 Å². The lowest BCUT2D eigenvalue weighted by molar-refractivity contribution is -0.131. The van der Waals surface area contributed by atoms with E-state index >= 15 is 0 Å². The van der Waals surface area contributed by atoms with E-state index in [9.17, 15) is 4.79 Å². The van der Waals surface area contributed by atoms with Crippen LogP contribution in [0.3, 0.4) is 0 Å². The Kier molecular flexibility index (Phi) is 7.99. The molecule has 0 radical (unpaired) electrons. The van der Waals surface area contributed by atoms with Gasteiger partial charge in [-0.3, -0.25) is 4.79 Å². The van der Waals surface area contributed by atoms with Crippen molar-refractivity contribution < 1.29 is 4.79 Å². The van der Waals surface area contributed by atoms with E-state index in [4.69, 9.17) is 5.73 Å². The number of nitrogens with two attached hydrogens (primary N) is 1. The molecule has 0 aliphatic carbocycles. The number of thioether (sulfide) groups is 1. The number of carbonyl (C=O) groups is 1. The van der Waals surface area contributed by atoms with Crippen LogP contribution >= 0.6 is 11.8 Å². The van der Waals surface area contributed by atoms with E-state index in [1.54, 1.807) is 16.7 Å². The first-order valence-electron chi connectivity index (χ1n) is 5.13. The van der Waals surface area contributed by atoms with Crippen molar-refractivity contribution in [3.8, 4) is 0 Å². The van der Waals surface area contributed by atoms with Crippen LogP contribution in [0, 0.1) is 0 Å². The molecule has 0 aromatic heterocycles. The highest BCUT2D eigenvalue weighted by Crippen LogP contribution is 2.02. The normalized spacial score (nSPS) is 12.6. The number of carbonyl (C=O) groups excluding carboxylic acids is 1. The maximum Gasteiger partial charge on any atom is 0.239 e. The van der Waals surface area contributed by atoms with Crippen molar-refractivity contribution >= 4 is 17.7 Å². The Morgan fingerprint density at radius 3 is 2.71 bits per heavy atom. The fourth-order valence-electron chi connectivity index (χ4n) is 1.17. The predicted octanol–water partition coefficient (Wildman–Crippen LogP) is 1.33. The highest BCUT2D eigenvalue weighted by atomic mass is 32.2. The topological polar surface area (TPSA) is 46.3 Å². The van der Waals surface area contributed by atoms with Gasteiger partial charge in [0, 0.05) is 19.3 Å². The van der Waals surface area contributed by atoms with Crippen molar-refractivity contribution in [3.05, 3.63) is 0 Å². The van der Waals surface area contributed by atoms with Crippen molar-refractivity contribution in [3.63, 3.8) is 0 Å². The maximum absolute atomic E-state index is 11.6. The minimum absolute atomic E-state index is 0.0764. The molecule has 2 N–H and O–H groups in total. The summed E-state index contributed by atoms with van der Waals surface area (Å²) in [6, 6.07) is -0.304. The molecule has 0 saturated carbocycles. The van der Waals surface area contributed by atoms with Crippen LogP contribution in [-0.2, 0) is 4.79 Å². The summed E-state index contributed by atoms with van der Waals surface area (Å²) in [5, 5.41) is 0. The molecule has 0 fully saturated rings. The Hall–Kier alpha value is -0.220. The fraction of sp³-hybridized carbons (Fsp3) is 0.900. The van der Waals surface area contributed by atoms with Crippen molar-refractivity contribution in [1.82, 2.24) is 4.90 Å². The van der Waals surface area contributed by atoms with Gasteiger partial charge in [-0.05, 0) is 12.7 Å². The molecule has 0 aliphatic rings. The molecule has 84 valence electrons. The zero-order chi connectivity index (χ0) is 11.0. The standard InChI is InChI=1S/C10H22N2OS/c1-4-5-6-9(11)10(13)12(2)7-8-14-3/h9H,4-8,11H2,1-3H3/t9-/m0/s1. The quantitative estimate of drug-likeness (QED) is 0.701. The summed E-state index contributed by atoms with van der Waals surface area (Å²) in [7, 11) is 1.82. The Bertz CT molecular complexity index is 148. The smallest absolute Gasteiger partial charge is 0.239 e. The predicted molar refractivity (Wildman–Crippen MR) is 63.5 cm³/mol. The van der Waals surface area contributed by atoms with Crippen LogP contribution in [0.5, 0.6) is 0 Å². The van der Waals surface area contributed by atoms with Gasteiger partial charge in [0.25, 0.3) is 0 Å². The van der Waals surface area contributed by atoms with E-state index < -0.39 is 0 Å². The molecule has 1 atom stereocenters. The largest absolute Gasteiger partial charge is 0.344 e. The summed E-state index contributed by atoms with van der Waals surface area (Å²) >= 11 is 1.74. The first-order valence-corrected chi connectivity index (χ1v) is 6.52. The molecule has 4 heteroatoms. The van der Waals surface area contributed by atoms with E-state index in [1.165, 1.54) is 0 Å². The lowest BCUT2D eigenvalue weighted by atomic mass is 10.1. The van der Waals surface area contributed by atoms with Gasteiger partial charge in [0.2, 0.25) is 5.91 Å². The van der Waals surface area contributed by atoms with Crippen LogP contribution in [-0.4, -0.2) is 42.4 Å². The van der Waals surface area contributed by atoms with Gasteiger partial charge in [-0.25, -0.2) is 0 Å². The highest BCUT2D eigenvalue weighted by Gasteiger charge is 2.16. The minimum atomic E-state index is -0.304. The molecule has 3 nitrogen and oxygen atoms in total. The van der Waals surface area contributed by atoms with Crippen molar-refractivity contribution in [2.45, 2.75) is 32.2 Å². The molecule has 0 heterocycles. The van der Waals surface area contributed by atoms with E-state index in [-0.39, 0.29) is 11.9 Å². The third kappa shape index (κ3) is 5.50. The Morgan fingerprint density at radius 2 is 2.21 bits per heavy atom. The first kappa shape index (κ1) is 13.8. The number of unbranched alkanes of at least 4 members (excludes halogenated alkanes) is 1. The van der Waals surface area contributed by atoms with Crippen LogP contribution in [0.4, 0.5) is 0 Å². The van der Waals surface area contributed by atoms with E-state index in [1.807, 2.05) is 13.3 Å². The van der Waals surface area contributed by atoms with Gasteiger partial charge in [0.05, 0.1) is 6.04 Å². The van der Waals surface area contributed by atoms with E-state index in [0.29, 0.717) is 0 Å². The third-order valence-corrected chi connectivity index (χ3v) is 2.78. The summed E-state index contributed by atoms with van der Waals surface area (Å²) < 4.78 is 0. The van der Waals surface area contributed by atoms with Crippen LogP contribution in [0.1, 0.15) is 26.2 Å². The number of hydrogen-bond acceptors (Lipinski definition) is 3. The Morgan fingerprint density at radius 1 is 1.57 bits per heavy atom. The van der Waals surface area contributed by atoms with Crippen LogP contribution < -0.4 is 5.73 Å². The molecule has 0 bridgehead atoms. The summed E-state index contributed by atoms with van der Waals surface area (Å²) in [5.41, 5.74) is 5.78. The van der Waals surface area contributed by atoms with Crippen molar-refractivity contribution in [2.24, 2.45) is 5.73 Å². The van der Waals surface area contributed by atoms with Crippen LogP contribution in [0.25, 0.3) is 0 Å². The minimum Gasteiger partial charge on any atom is -0.344 e. The molecule has 0 unspecified atom stereocenters. The molecule has 14 heavy (non-hydrogen) atoms. The monoisotopic (exact) mass is 218 g/mol. The highest BCUT2D eigenvalue weighted by molar-refractivity contribution is 7.98. The van der Waals surface area contributed by atoms with Crippen LogP contribution in [0.2, 0.25) is 0 Å². The van der Waals surface area contributed by atoms with Gasteiger partial charge in [-0.1, -0.05) is 19.8 Å². The summed E-state index contributed by atoms with van der Waals surface area (Å²) in [6.07, 6.45) is 4.97. The summed E-state index contributed by atoms with van der Waals surface area (Å²) in [5.74, 6) is 1.05. The maximum atomic E-state index is 11.6. The summed E-state index contributed by atoms with van der Waals surface area (Å²) in [6.45, 7) is 2.90. The number of likely N-dealkylation sites (N-methyl/N-ethyl adjacent to an activating group) is 1. The van der Waals surface area contributed by atoms with Gasteiger partial charge < -0.3 is 10.6 Å². The molecule has 0 saturated heterocycles. The second-order valence-electron chi connectivity index (χ2n) is 3.50. The Labute approximate surface area is 91.4 Å². The van der Waals surface area contributed by atoms with Gasteiger partial charge in [-0.2, -0.15) is 11.8 Å². The van der Waals surface area contributed by atoms with E-state index in [0.717, 1.165) is 31.6 Å². The Balaban J connectivity index is 3.78. The zero-order valence-electron chi connectivity index (χ0n) is 9.45. The average Bonchev–Trinajstić information content (AvgIpc) is 2.21. The van der Waals surface area contributed by atoms with Crippen LogP contribution in [0.15, 0.2) is 0 Å². The van der Waals surface area contributed by atoms with Crippen molar-refractivity contribution in [1.29, 1.82) is 0 Å². The number of hydrogen-bond donors (Lipinski definition) is 1. The lowest BCUT2D eigenvalue weighted by Gasteiger charge is -2.20. The summed E-state index contributed by atoms with van der Waals surface area (Å²) in [4.78, 5) is 13.4. The lowest BCUT2D eigenvalue weighted by Crippen LogP contribution is -2.42. The average molecular weight is 218 g/mol. The second kappa shape index (κ2) is 8.12. The molecular weight excluding hydrogens is 196 g/mol. The molecule has 0 spiro atoms. The van der Waals surface area contributed by atoms with Gasteiger partial charge in [0.15, 0.2) is 0 Å². The van der Waals surface area contributed by atoms with E-state index in [2.05, 4.69) is 6.92 Å². The fourth-order valence-corrected chi connectivity index (χ4v) is 1.63. The van der Waals surface area contributed by atoms with Gasteiger partial charge in [0.1, 0.15) is 0 Å². The molecular formula is C10H22N2OS. The second-order valence-corrected chi connectivity index (χ2v) is 4.49. The molecule has 0 aliphatic heterocycles. The third-order valence-electron chi connectivity index (χ3n) is 2.19. The number of nitrogens with zero attached hydrogens (tertiary/aromatic N) is 1. The number of rotatable bonds is 7. The SMILES string of the molecule is CCCC[C@H](N)C(=O)N(C)CCSC. The molecule has 0 aromatic rings. The number of amides is 1. The van der Waals surface area contributed by atoms with Crippen molar-refractivity contribution in [2.75, 3.05) is 25.6 Å². The molecule has 0 rings (SSSR count). The zero-order valence-corrected chi connectivity index (χ0v) is 10.3. The van der Waals surface area contributed by atoms with Gasteiger partial charge in [-0.15, -0.1) is 0 Å². The molecule has 0 aromatic carbocycles. The molecule has 1 amide bonds.